The second kappa shape index (κ2) is 5.53. The monoisotopic (exact) mass is 353 g/mol. The van der Waals surface area contributed by atoms with Crippen LogP contribution in [0.2, 0.25) is 5.02 Å². The molecule has 1 atom stereocenters. The summed E-state index contributed by atoms with van der Waals surface area (Å²) in [6, 6.07) is 9.79. The fourth-order valence-electron chi connectivity index (χ4n) is 3.64. The lowest BCUT2D eigenvalue weighted by Gasteiger charge is -2.16. The highest BCUT2D eigenvalue weighted by atomic mass is 35.5. The van der Waals surface area contributed by atoms with Gasteiger partial charge in [0.25, 0.3) is 0 Å². The summed E-state index contributed by atoms with van der Waals surface area (Å²) in [5.41, 5.74) is 7.13. The Morgan fingerprint density at radius 2 is 1.84 bits per heavy atom. The summed E-state index contributed by atoms with van der Waals surface area (Å²) < 4.78 is 1.80. The van der Waals surface area contributed by atoms with E-state index in [1.165, 1.54) is 5.56 Å². The van der Waals surface area contributed by atoms with E-state index in [9.17, 15) is 4.79 Å². The Balaban J connectivity index is 2.00. The number of nitrogens with one attached hydrogen (secondary N) is 2. The predicted molar refractivity (Wildman–Crippen MR) is 104 cm³/mol. The van der Waals surface area contributed by atoms with Crippen LogP contribution in [0.1, 0.15) is 35.3 Å². The molecule has 2 aromatic carbocycles. The molecule has 2 N–H and O–H groups in total. The number of halogens is 1. The van der Waals surface area contributed by atoms with Crippen molar-refractivity contribution in [2.75, 3.05) is 0 Å². The van der Waals surface area contributed by atoms with Crippen LogP contribution in [0.3, 0.4) is 0 Å². The molecule has 25 heavy (non-hydrogen) atoms. The Kier molecular flexibility index (Phi) is 3.55. The van der Waals surface area contributed by atoms with E-state index < -0.39 is 0 Å². The number of fused-ring (bicyclic) bond motifs is 2. The van der Waals surface area contributed by atoms with Crippen LogP contribution < -0.4 is 5.69 Å². The number of imidazole rings is 1. The zero-order valence-corrected chi connectivity index (χ0v) is 15.5. The third-order valence-electron chi connectivity index (χ3n) is 5.12. The van der Waals surface area contributed by atoms with Gasteiger partial charge in [0.2, 0.25) is 0 Å². The molecule has 0 aliphatic carbocycles. The number of hydrogen-bond acceptors (Lipinski definition) is 1. The van der Waals surface area contributed by atoms with E-state index in [0.717, 1.165) is 38.8 Å². The van der Waals surface area contributed by atoms with Crippen LogP contribution in [0.15, 0.2) is 35.1 Å². The quantitative estimate of drug-likeness (QED) is 0.523. The highest BCUT2D eigenvalue weighted by molar-refractivity contribution is 6.31. The normalized spacial score (nSPS) is 13.0. The summed E-state index contributed by atoms with van der Waals surface area (Å²) in [5.74, 6) is 0. The number of aryl methyl sites for hydroxylation is 3. The third-order valence-corrected chi connectivity index (χ3v) is 5.34. The average molecular weight is 354 g/mol. The highest BCUT2D eigenvalue weighted by Crippen LogP contribution is 2.33. The maximum absolute atomic E-state index is 12.6. The molecule has 0 saturated heterocycles. The smallest absolute Gasteiger partial charge is 0.327 e. The van der Waals surface area contributed by atoms with Gasteiger partial charge in [-0.15, -0.1) is 0 Å². The van der Waals surface area contributed by atoms with Gasteiger partial charge < -0.3 is 9.97 Å². The van der Waals surface area contributed by atoms with E-state index in [1.54, 1.807) is 4.57 Å². The molecule has 4 nitrogen and oxygen atoms in total. The summed E-state index contributed by atoms with van der Waals surface area (Å²) in [5, 5.41) is 1.79. The molecule has 0 fully saturated rings. The summed E-state index contributed by atoms with van der Waals surface area (Å²) in [4.78, 5) is 19.0. The molecule has 0 bridgehead atoms. The molecule has 2 heterocycles. The summed E-state index contributed by atoms with van der Waals surface area (Å²) >= 11 is 6.38. The number of H-pyrrole nitrogens is 2. The first-order chi connectivity index (χ1) is 11.9. The molecule has 5 heteroatoms. The lowest BCUT2D eigenvalue weighted by molar-refractivity contribution is 0.639. The van der Waals surface area contributed by atoms with Crippen LogP contribution in [0.4, 0.5) is 0 Å². The Labute approximate surface area is 150 Å². The lowest BCUT2D eigenvalue weighted by atomic mass is 10.0. The van der Waals surface area contributed by atoms with E-state index in [2.05, 4.69) is 23.8 Å². The van der Waals surface area contributed by atoms with E-state index in [-0.39, 0.29) is 11.7 Å². The highest BCUT2D eigenvalue weighted by Gasteiger charge is 2.19. The van der Waals surface area contributed by atoms with Gasteiger partial charge in [0, 0.05) is 21.7 Å². The van der Waals surface area contributed by atoms with E-state index >= 15 is 0 Å². The van der Waals surface area contributed by atoms with Crippen molar-refractivity contribution >= 4 is 33.5 Å². The zero-order valence-electron chi connectivity index (χ0n) is 14.7. The van der Waals surface area contributed by atoms with Crippen LogP contribution in [-0.2, 0) is 0 Å². The number of hydrogen-bond donors (Lipinski definition) is 2. The molecule has 0 saturated carbocycles. The van der Waals surface area contributed by atoms with Crippen molar-refractivity contribution in [1.82, 2.24) is 14.5 Å². The van der Waals surface area contributed by atoms with Crippen molar-refractivity contribution < 1.29 is 0 Å². The van der Waals surface area contributed by atoms with E-state index in [1.807, 2.05) is 44.2 Å². The molecule has 0 aliphatic heterocycles. The molecule has 4 rings (SSSR count). The summed E-state index contributed by atoms with van der Waals surface area (Å²) in [7, 11) is 0. The lowest BCUT2D eigenvalue weighted by Crippen LogP contribution is -2.21. The van der Waals surface area contributed by atoms with Crippen molar-refractivity contribution in [1.29, 1.82) is 0 Å². The standard InChI is InChI=1S/C20H20ClN3O/c1-10-5-6-18-17(7-10)23-20(25)24(18)13(4)16-9-14(21)8-15-11(2)12(3)22-19(15)16/h5-9,13,22H,1-4H3,(H,23,25). The van der Waals surface area contributed by atoms with Crippen LogP contribution in [0.25, 0.3) is 21.9 Å². The fraction of sp³-hybridized carbons (Fsp3) is 0.250. The first kappa shape index (κ1) is 16.0. The minimum Gasteiger partial charge on any atom is -0.358 e. The topological polar surface area (TPSA) is 53.6 Å². The van der Waals surface area contributed by atoms with Crippen molar-refractivity contribution in [3.8, 4) is 0 Å². The molecule has 0 aliphatic rings. The largest absolute Gasteiger partial charge is 0.358 e. The van der Waals surface area contributed by atoms with Gasteiger partial charge >= 0.3 is 5.69 Å². The molecule has 128 valence electrons. The van der Waals surface area contributed by atoms with E-state index in [0.29, 0.717) is 5.02 Å². The molecule has 1 unspecified atom stereocenters. The van der Waals surface area contributed by atoms with Crippen molar-refractivity contribution in [2.24, 2.45) is 0 Å². The van der Waals surface area contributed by atoms with Crippen LogP contribution in [0, 0.1) is 20.8 Å². The molecule has 0 radical (unpaired) electrons. The van der Waals surface area contributed by atoms with Gasteiger partial charge in [-0.05, 0) is 63.1 Å². The SMILES string of the molecule is Cc1ccc2c(c1)[nH]c(=O)n2C(C)c1cc(Cl)cc2c(C)c(C)[nH]c12. The molecular formula is C20H20ClN3O. The maximum Gasteiger partial charge on any atom is 0.327 e. The van der Waals surface area contributed by atoms with Gasteiger partial charge in [-0.1, -0.05) is 17.7 Å². The molecule has 2 aromatic heterocycles. The number of aromatic nitrogens is 3. The Morgan fingerprint density at radius 1 is 1.08 bits per heavy atom. The van der Waals surface area contributed by atoms with Gasteiger partial charge in [0.05, 0.1) is 22.6 Å². The average Bonchev–Trinajstić information content (AvgIpc) is 3.03. The number of rotatable bonds is 2. The molecular weight excluding hydrogens is 334 g/mol. The van der Waals surface area contributed by atoms with Crippen molar-refractivity contribution in [3.63, 3.8) is 0 Å². The second-order valence-electron chi connectivity index (χ2n) is 6.79. The first-order valence-electron chi connectivity index (χ1n) is 8.36. The van der Waals surface area contributed by atoms with Crippen LogP contribution in [0.5, 0.6) is 0 Å². The predicted octanol–water partition coefficient (Wildman–Crippen LogP) is 5.00. The minimum absolute atomic E-state index is 0.110. The first-order valence-corrected chi connectivity index (χ1v) is 8.74. The number of benzene rings is 2. The van der Waals surface area contributed by atoms with Gasteiger partial charge in [-0.3, -0.25) is 4.57 Å². The molecule has 0 amide bonds. The van der Waals surface area contributed by atoms with Gasteiger partial charge in [-0.2, -0.15) is 0 Å². The third kappa shape index (κ3) is 2.40. The van der Waals surface area contributed by atoms with Gasteiger partial charge in [-0.25, -0.2) is 4.79 Å². The van der Waals surface area contributed by atoms with Crippen molar-refractivity contribution in [2.45, 2.75) is 33.7 Å². The number of aromatic amines is 2. The fourth-order valence-corrected chi connectivity index (χ4v) is 3.87. The van der Waals surface area contributed by atoms with Crippen molar-refractivity contribution in [3.05, 3.63) is 68.2 Å². The Hall–Kier alpha value is -2.46. The number of nitrogens with zero attached hydrogens (tertiary/aromatic N) is 1. The summed E-state index contributed by atoms with van der Waals surface area (Å²) in [6.07, 6.45) is 0. The van der Waals surface area contributed by atoms with Crippen LogP contribution in [-0.4, -0.2) is 14.5 Å². The molecule has 0 spiro atoms. The van der Waals surface area contributed by atoms with E-state index in [4.69, 9.17) is 11.6 Å². The maximum atomic E-state index is 12.6. The Bertz CT molecular complexity index is 1180. The van der Waals surface area contributed by atoms with Crippen LogP contribution >= 0.6 is 11.6 Å². The molecule has 4 aromatic rings. The Morgan fingerprint density at radius 3 is 2.60 bits per heavy atom. The summed E-state index contributed by atoms with van der Waals surface area (Å²) in [6.45, 7) is 8.19. The van der Waals surface area contributed by atoms with Gasteiger partial charge in [0.15, 0.2) is 0 Å². The van der Waals surface area contributed by atoms with Gasteiger partial charge in [0.1, 0.15) is 0 Å². The zero-order chi connectivity index (χ0) is 17.9. The second-order valence-corrected chi connectivity index (χ2v) is 7.23. The minimum atomic E-state index is -0.150.